The Labute approximate surface area is 279 Å². The first-order valence-electron chi connectivity index (χ1n) is 14.5. The molecule has 3 N–H and O–H groups in total. The smallest absolute Gasteiger partial charge is 0.265 e. The minimum absolute atomic E-state index is 0.0717. The van der Waals surface area contributed by atoms with Gasteiger partial charge in [0.2, 0.25) is 5.95 Å². The zero-order valence-corrected chi connectivity index (χ0v) is 27.3. The van der Waals surface area contributed by atoms with Crippen LogP contribution in [0.3, 0.4) is 0 Å². The largest absolute Gasteiger partial charge is 0.345 e. The van der Waals surface area contributed by atoms with Crippen molar-refractivity contribution >= 4 is 63.4 Å². The maximum atomic E-state index is 13.2. The minimum Gasteiger partial charge on any atom is -0.345 e. The quantitative estimate of drug-likeness (QED) is 0.146. The normalized spacial score (nSPS) is 10.7. The third-order valence-electron chi connectivity index (χ3n) is 7.08. The monoisotopic (exact) mass is 659 g/mol. The van der Waals surface area contributed by atoms with Crippen LogP contribution in [0.15, 0.2) is 103 Å². The van der Waals surface area contributed by atoms with Gasteiger partial charge in [-0.2, -0.15) is 0 Å². The van der Waals surface area contributed by atoms with Gasteiger partial charge in [0.25, 0.3) is 17.7 Å². The molecule has 0 aliphatic rings. The molecule has 0 spiro atoms. The summed E-state index contributed by atoms with van der Waals surface area (Å²) in [4.78, 5) is 55.7. The fraction of sp³-hybridized carbons (Fsp3) is 0.0857. The van der Waals surface area contributed by atoms with Gasteiger partial charge in [0.05, 0.1) is 28.0 Å². The molecule has 234 valence electrons. The molecular weight excluding hydrogens is 631 g/mol. The lowest BCUT2D eigenvalue weighted by Crippen LogP contribution is -2.21. The Balaban J connectivity index is 1.12. The molecule has 6 aromatic rings. The molecule has 10 nitrogen and oxygen atoms in total. The molecule has 0 atom stereocenters. The molecule has 4 aromatic heterocycles. The van der Waals surface area contributed by atoms with Gasteiger partial charge in [0.1, 0.15) is 0 Å². The van der Waals surface area contributed by atoms with E-state index in [1.165, 1.54) is 28.6 Å². The van der Waals surface area contributed by atoms with Crippen LogP contribution in [-0.2, 0) is 0 Å². The van der Waals surface area contributed by atoms with E-state index in [1.54, 1.807) is 74.1 Å². The highest BCUT2D eigenvalue weighted by Crippen LogP contribution is 2.32. The van der Waals surface area contributed by atoms with Crippen molar-refractivity contribution in [1.82, 2.24) is 19.9 Å². The van der Waals surface area contributed by atoms with E-state index < -0.39 is 0 Å². The Morgan fingerprint density at radius 2 is 1.60 bits per heavy atom. The Morgan fingerprint density at radius 3 is 2.36 bits per heavy atom. The van der Waals surface area contributed by atoms with Crippen molar-refractivity contribution in [3.63, 3.8) is 0 Å². The number of rotatable bonds is 9. The van der Waals surface area contributed by atoms with E-state index in [0.717, 1.165) is 20.9 Å². The molecule has 0 bridgehead atoms. The molecule has 4 heterocycles. The topological polar surface area (TPSA) is 129 Å². The van der Waals surface area contributed by atoms with Crippen LogP contribution in [0, 0.1) is 6.92 Å². The zero-order valence-electron chi connectivity index (χ0n) is 25.6. The number of thiophene rings is 2. The van der Waals surface area contributed by atoms with Crippen molar-refractivity contribution in [2.75, 3.05) is 30.0 Å². The summed E-state index contributed by atoms with van der Waals surface area (Å²) in [6.07, 6.45) is 4.60. The number of pyridine rings is 1. The summed E-state index contributed by atoms with van der Waals surface area (Å²) in [5.74, 6) is -0.343. The van der Waals surface area contributed by atoms with Crippen LogP contribution < -0.4 is 16.0 Å². The number of aryl methyl sites for hydroxylation is 1. The number of aromatic nitrogens is 3. The van der Waals surface area contributed by atoms with Crippen molar-refractivity contribution in [3.05, 3.63) is 124 Å². The molecular formula is C35H29N7O3S2. The van der Waals surface area contributed by atoms with Crippen LogP contribution in [0.4, 0.5) is 23.0 Å². The summed E-state index contributed by atoms with van der Waals surface area (Å²) in [6, 6.07) is 23.8. The second-order valence-electron chi connectivity index (χ2n) is 10.7. The Kier molecular flexibility index (Phi) is 9.13. The standard InChI is InChI=1S/C35H29N7O3S2/c1-21-6-11-25(18-28(21)41-35-37-15-14-27(40-35)22-7-9-23(10-8-22)34(45)42(2)3)38-32(43)24-17-26(20-36-19-24)39-33(44)31-13-12-30(47-31)29-5-4-16-46-29/h4-20H,1-3H3,(H,38,43)(H,39,44)(H,37,40,41). The van der Waals surface area contributed by atoms with E-state index >= 15 is 0 Å². The summed E-state index contributed by atoms with van der Waals surface area (Å²) in [5.41, 5.74) is 5.01. The van der Waals surface area contributed by atoms with Gasteiger partial charge >= 0.3 is 0 Å². The lowest BCUT2D eigenvalue weighted by molar-refractivity contribution is 0.0827. The highest BCUT2D eigenvalue weighted by atomic mass is 32.1. The fourth-order valence-corrected chi connectivity index (χ4v) is 6.35. The molecule has 6 rings (SSSR count). The Bertz CT molecular complexity index is 2070. The van der Waals surface area contributed by atoms with E-state index in [2.05, 4.69) is 30.9 Å². The Morgan fingerprint density at radius 1 is 0.787 bits per heavy atom. The number of nitrogens with zero attached hydrogens (tertiary/aromatic N) is 4. The highest BCUT2D eigenvalue weighted by molar-refractivity contribution is 7.22. The number of carbonyl (C=O) groups excluding carboxylic acids is 3. The number of hydrogen-bond donors (Lipinski definition) is 3. The second-order valence-corrected chi connectivity index (χ2v) is 12.7. The number of anilines is 4. The van der Waals surface area contributed by atoms with Gasteiger partial charge in [-0.25, -0.2) is 9.97 Å². The molecule has 0 radical (unpaired) electrons. The molecule has 0 fully saturated rings. The van der Waals surface area contributed by atoms with Crippen molar-refractivity contribution < 1.29 is 14.4 Å². The molecule has 0 saturated carbocycles. The van der Waals surface area contributed by atoms with Gasteiger partial charge in [-0.1, -0.05) is 24.3 Å². The molecule has 47 heavy (non-hydrogen) atoms. The van der Waals surface area contributed by atoms with E-state index in [1.807, 2.05) is 48.7 Å². The van der Waals surface area contributed by atoms with Crippen LogP contribution in [0.1, 0.15) is 36.0 Å². The summed E-state index contributed by atoms with van der Waals surface area (Å²) in [6.45, 7) is 1.94. The maximum absolute atomic E-state index is 13.2. The third-order valence-corrected chi connectivity index (χ3v) is 9.23. The van der Waals surface area contributed by atoms with Gasteiger partial charge in [0.15, 0.2) is 0 Å². The van der Waals surface area contributed by atoms with Gasteiger partial charge < -0.3 is 20.9 Å². The van der Waals surface area contributed by atoms with Gasteiger partial charge in [-0.15, -0.1) is 22.7 Å². The molecule has 0 aliphatic heterocycles. The molecule has 2 aromatic carbocycles. The van der Waals surface area contributed by atoms with E-state index in [-0.39, 0.29) is 23.3 Å². The third kappa shape index (κ3) is 7.40. The van der Waals surface area contributed by atoms with Crippen LogP contribution in [0.2, 0.25) is 0 Å². The predicted octanol–water partition coefficient (Wildman–Crippen LogP) is 7.59. The van der Waals surface area contributed by atoms with Gasteiger partial charge in [0, 0.05) is 58.7 Å². The lowest BCUT2D eigenvalue weighted by Gasteiger charge is -2.13. The predicted molar refractivity (Wildman–Crippen MR) is 188 cm³/mol. The van der Waals surface area contributed by atoms with Crippen LogP contribution in [0.25, 0.3) is 21.0 Å². The summed E-state index contributed by atoms with van der Waals surface area (Å²) < 4.78 is 0. The Hall–Kier alpha value is -5.72. The van der Waals surface area contributed by atoms with Crippen molar-refractivity contribution in [2.24, 2.45) is 0 Å². The molecule has 0 aliphatic carbocycles. The maximum Gasteiger partial charge on any atom is 0.265 e. The van der Waals surface area contributed by atoms with Crippen LogP contribution in [-0.4, -0.2) is 51.7 Å². The second kappa shape index (κ2) is 13.7. The minimum atomic E-state index is -0.381. The average Bonchev–Trinajstić information content (AvgIpc) is 3.80. The molecule has 0 saturated heterocycles. The van der Waals surface area contributed by atoms with Crippen molar-refractivity contribution in [2.45, 2.75) is 6.92 Å². The number of nitrogens with one attached hydrogen (secondary N) is 3. The number of amides is 3. The molecule has 3 amide bonds. The summed E-state index contributed by atoms with van der Waals surface area (Å²) >= 11 is 3.02. The van der Waals surface area contributed by atoms with Crippen LogP contribution >= 0.6 is 22.7 Å². The first kappa shape index (κ1) is 31.3. The number of carbonyl (C=O) groups is 3. The van der Waals surface area contributed by atoms with Crippen LogP contribution in [0.5, 0.6) is 0 Å². The highest BCUT2D eigenvalue weighted by Gasteiger charge is 2.15. The first-order valence-corrected chi connectivity index (χ1v) is 16.2. The summed E-state index contributed by atoms with van der Waals surface area (Å²) in [7, 11) is 3.43. The van der Waals surface area contributed by atoms with Gasteiger partial charge in [-0.3, -0.25) is 19.4 Å². The first-order chi connectivity index (χ1) is 22.7. The van der Waals surface area contributed by atoms with Gasteiger partial charge in [-0.05, 0) is 72.5 Å². The van der Waals surface area contributed by atoms with E-state index in [4.69, 9.17) is 0 Å². The fourth-order valence-electron chi connectivity index (χ4n) is 4.62. The number of benzene rings is 2. The molecule has 12 heteroatoms. The SMILES string of the molecule is Cc1ccc(NC(=O)c2cncc(NC(=O)c3ccc(-c4cccs4)s3)c2)cc1Nc1nccc(-c2ccc(C(=O)N(C)C)cc2)n1. The average molecular weight is 660 g/mol. The van der Waals surface area contributed by atoms with E-state index in [0.29, 0.717) is 39.1 Å². The summed E-state index contributed by atoms with van der Waals surface area (Å²) in [5, 5.41) is 11.0. The lowest BCUT2D eigenvalue weighted by atomic mass is 10.1. The van der Waals surface area contributed by atoms with Crippen molar-refractivity contribution in [3.8, 4) is 21.0 Å². The number of hydrogen-bond acceptors (Lipinski definition) is 9. The molecule has 0 unspecified atom stereocenters. The van der Waals surface area contributed by atoms with Crippen molar-refractivity contribution in [1.29, 1.82) is 0 Å². The zero-order chi connectivity index (χ0) is 32.9. The van der Waals surface area contributed by atoms with E-state index in [9.17, 15) is 14.4 Å².